The van der Waals surface area contributed by atoms with E-state index in [9.17, 15) is 17.6 Å². The number of halogens is 4. The molecule has 0 fully saturated rings. The van der Waals surface area contributed by atoms with Crippen LogP contribution in [0.1, 0.15) is 10.7 Å². The van der Waals surface area contributed by atoms with E-state index in [1.54, 1.807) is 0 Å². The zero-order chi connectivity index (χ0) is 12.2. The lowest BCUT2D eigenvalue weighted by atomic mass is 10.4. The van der Waals surface area contributed by atoms with Gasteiger partial charge < -0.3 is 9.84 Å². The van der Waals surface area contributed by atoms with Crippen molar-refractivity contribution < 1.29 is 27.4 Å². The van der Waals surface area contributed by atoms with Crippen LogP contribution >= 0.6 is 11.3 Å². The maximum Gasteiger partial charge on any atom is 0.330 e. The lowest BCUT2D eigenvalue weighted by molar-refractivity contribution is -0.168. The van der Waals surface area contributed by atoms with Gasteiger partial charge in [-0.1, -0.05) is 0 Å². The molecule has 0 saturated carbocycles. The van der Waals surface area contributed by atoms with E-state index in [0.717, 1.165) is 11.3 Å². The third kappa shape index (κ3) is 3.69. The fourth-order valence-electron chi connectivity index (χ4n) is 0.825. The second-order valence-electron chi connectivity index (χ2n) is 2.95. The minimum absolute atomic E-state index is 0.260. The molecule has 8 heteroatoms. The summed E-state index contributed by atoms with van der Waals surface area (Å²) in [4.78, 5) is 3.80. The molecular formula is C8H9F4NO2S. The summed E-state index contributed by atoms with van der Waals surface area (Å²) in [6.07, 6.45) is -3.74. The Morgan fingerprint density at radius 2 is 2.19 bits per heavy atom. The molecule has 0 amide bonds. The molecule has 0 aliphatic rings. The summed E-state index contributed by atoms with van der Waals surface area (Å²) >= 11 is 1.10. The number of alkyl halides is 4. The van der Waals surface area contributed by atoms with Crippen LogP contribution in [0.3, 0.4) is 0 Å². The van der Waals surface area contributed by atoms with E-state index in [1.807, 2.05) is 0 Å². The number of rotatable bonds is 6. The Hall–Kier alpha value is -0.730. The molecule has 0 spiro atoms. The molecule has 1 rings (SSSR count). The van der Waals surface area contributed by atoms with Crippen molar-refractivity contribution in [1.29, 1.82) is 0 Å². The molecule has 0 atom stereocenters. The second kappa shape index (κ2) is 5.55. The van der Waals surface area contributed by atoms with E-state index in [0.29, 0.717) is 10.7 Å². The van der Waals surface area contributed by atoms with Gasteiger partial charge in [-0.25, -0.2) is 13.8 Å². The largest absolute Gasteiger partial charge is 0.390 e. The fourth-order valence-corrected chi connectivity index (χ4v) is 1.55. The normalized spacial score (nSPS) is 12.4. The van der Waals surface area contributed by atoms with Crippen molar-refractivity contribution >= 4 is 11.3 Å². The zero-order valence-corrected chi connectivity index (χ0v) is 8.82. The van der Waals surface area contributed by atoms with Crippen molar-refractivity contribution in [1.82, 2.24) is 4.98 Å². The number of aromatic nitrogens is 1. The Morgan fingerprint density at radius 3 is 2.69 bits per heavy atom. The first-order valence-electron chi connectivity index (χ1n) is 4.23. The van der Waals surface area contributed by atoms with Crippen LogP contribution < -0.4 is 0 Å². The number of thiazole rings is 1. The highest BCUT2D eigenvalue weighted by Gasteiger charge is 2.40. The average molecular weight is 259 g/mol. The number of aliphatic hydroxyl groups is 1. The van der Waals surface area contributed by atoms with E-state index in [1.165, 1.54) is 5.38 Å². The van der Waals surface area contributed by atoms with Crippen molar-refractivity contribution in [3.8, 4) is 0 Å². The molecule has 0 radical (unpaired) electrons. The van der Waals surface area contributed by atoms with E-state index >= 15 is 0 Å². The smallest absolute Gasteiger partial charge is 0.330 e. The molecule has 16 heavy (non-hydrogen) atoms. The molecule has 1 heterocycles. The highest BCUT2D eigenvalue weighted by molar-refractivity contribution is 7.09. The van der Waals surface area contributed by atoms with Crippen LogP contribution in [-0.4, -0.2) is 29.0 Å². The van der Waals surface area contributed by atoms with Gasteiger partial charge in [-0.15, -0.1) is 11.3 Å². The quantitative estimate of drug-likeness (QED) is 0.795. The van der Waals surface area contributed by atoms with Gasteiger partial charge in [-0.2, -0.15) is 8.78 Å². The van der Waals surface area contributed by atoms with Gasteiger partial charge in [0.05, 0.1) is 18.9 Å². The Labute approximate surface area is 92.7 Å². The van der Waals surface area contributed by atoms with Gasteiger partial charge in [0.25, 0.3) is 0 Å². The first kappa shape index (κ1) is 13.3. The van der Waals surface area contributed by atoms with Crippen molar-refractivity contribution in [2.24, 2.45) is 0 Å². The predicted octanol–water partition coefficient (Wildman–Crippen LogP) is 2.05. The fraction of sp³-hybridized carbons (Fsp3) is 0.625. The minimum Gasteiger partial charge on any atom is -0.390 e. The predicted molar refractivity (Wildman–Crippen MR) is 48.6 cm³/mol. The molecule has 1 aromatic heterocycles. The first-order valence-corrected chi connectivity index (χ1v) is 5.11. The van der Waals surface area contributed by atoms with Crippen LogP contribution in [0, 0.1) is 0 Å². The van der Waals surface area contributed by atoms with Crippen molar-refractivity contribution in [2.45, 2.75) is 25.6 Å². The summed E-state index contributed by atoms with van der Waals surface area (Å²) in [5, 5.41) is 10.5. The Bertz CT molecular complexity index is 332. The average Bonchev–Trinajstić information content (AvgIpc) is 2.65. The van der Waals surface area contributed by atoms with Crippen LogP contribution in [0.2, 0.25) is 0 Å². The Balaban J connectivity index is 2.35. The van der Waals surface area contributed by atoms with Crippen LogP contribution in [-0.2, 0) is 18.0 Å². The van der Waals surface area contributed by atoms with Crippen molar-refractivity contribution in [3.63, 3.8) is 0 Å². The molecule has 92 valence electrons. The summed E-state index contributed by atoms with van der Waals surface area (Å²) in [6.45, 7) is -1.88. The molecule has 0 bridgehead atoms. The number of hydrogen-bond acceptors (Lipinski definition) is 4. The Morgan fingerprint density at radius 1 is 1.50 bits per heavy atom. The van der Waals surface area contributed by atoms with Crippen LogP contribution in [0.5, 0.6) is 0 Å². The van der Waals surface area contributed by atoms with E-state index in [4.69, 9.17) is 5.11 Å². The lowest BCUT2D eigenvalue weighted by Crippen LogP contribution is -2.32. The summed E-state index contributed by atoms with van der Waals surface area (Å²) < 4.78 is 52.7. The number of aliphatic hydroxyl groups excluding tert-OH is 1. The van der Waals surface area contributed by atoms with E-state index in [-0.39, 0.29) is 13.2 Å². The molecule has 0 unspecified atom stereocenters. The SMILES string of the molecule is OCc1csc(COCC(F)(F)C(F)F)n1. The molecule has 1 N–H and O–H groups in total. The lowest BCUT2D eigenvalue weighted by Gasteiger charge is -2.14. The summed E-state index contributed by atoms with van der Waals surface area (Å²) in [5.74, 6) is -4.14. The number of ether oxygens (including phenoxy) is 1. The van der Waals surface area contributed by atoms with Gasteiger partial charge in [0.2, 0.25) is 0 Å². The minimum atomic E-state index is -4.14. The second-order valence-corrected chi connectivity index (χ2v) is 3.89. The number of nitrogens with zero attached hydrogens (tertiary/aromatic N) is 1. The standard InChI is InChI=1S/C8H9F4NO2S/c9-7(10)8(11,12)4-15-2-6-13-5(1-14)3-16-6/h3,7,14H,1-2,4H2. The van der Waals surface area contributed by atoms with Gasteiger partial charge in [0.1, 0.15) is 11.6 Å². The number of hydrogen-bond donors (Lipinski definition) is 1. The van der Waals surface area contributed by atoms with Crippen LogP contribution in [0.15, 0.2) is 5.38 Å². The molecule has 0 aliphatic heterocycles. The van der Waals surface area contributed by atoms with Gasteiger partial charge >= 0.3 is 12.3 Å². The maximum absolute atomic E-state index is 12.4. The van der Waals surface area contributed by atoms with Gasteiger partial charge in [0, 0.05) is 5.38 Å². The maximum atomic E-state index is 12.4. The third-order valence-electron chi connectivity index (χ3n) is 1.60. The Kier molecular flexibility index (Phi) is 4.63. The monoisotopic (exact) mass is 259 g/mol. The highest BCUT2D eigenvalue weighted by Crippen LogP contribution is 2.23. The summed E-state index contributed by atoms with van der Waals surface area (Å²) in [6, 6.07) is 0. The zero-order valence-electron chi connectivity index (χ0n) is 8.00. The molecule has 1 aromatic rings. The molecule has 0 saturated heterocycles. The highest BCUT2D eigenvalue weighted by atomic mass is 32.1. The van der Waals surface area contributed by atoms with Crippen LogP contribution in [0.4, 0.5) is 17.6 Å². The molecular weight excluding hydrogens is 250 g/mol. The molecule has 0 aromatic carbocycles. The van der Waals surface area contributed by atoms with Gasteiger partial charge in [-0.3, -0.25) is 0 Å². The van der Waals surface area contributed by atoms with Crippen molar-refractivity contribution in [3.05, 3.63) is 16.1 Å². The summed E-state index contributed by atoms with van der Waals surface area (Å²) in [5.41, 5.74) is 0.393. The van der Waals surface area contributed by atoms with Crippen LogP contribution in [0.25, 0.3) is 0 Å². The summed E-state index contributed by atoms with van der Waals surface area (Å²) in [7, 11) is 0. The van der Waals surface area contributed by atoms with E-state index < -0.39 is 19.0 Å². The van der Waals surface area contributed by atoms with E-state index in [2.05, 4.69) is 9.72 Å². The third-order valence-corrected chi connectivity index (χ3v) is 2.47. The van der Waals surface area contributed by atoms with Crippen molar-refractivity contribution in [2.75, 3.05) is 6.61 Å². The van der Waals surface area contributed by atoms with Gasteiger partial charge in [-0.05, 0) is 0 Å². The topological polar surface area (TPSA) is 42.4 Å². The van der Waals surface area contributed by atoms with Gasteiger partial charge in [0.15, 0.2) is 0 Å². The first-order chi connectivity index (χ1) is 7.45. The molecule has 3 nitrogen and oxygen atoms in total. The molecule has 0 aliphatic carbocycles.